The summed E-state index contributed by atoms with van der Waals surface area (Å²) < 4.78 is 18.2. The molecule has 0 bridgehead atoms. The van der Waals surface area contributed by atoms with Crippen LogP contribution in [0.2, 0.25) is 0 Å². The van der Waals surface area contributed by atoms with Gasteiger partial charge in [-0.3, -0.25) is 0 Å². The molecule has 10 heteroatoms. The van der Waals surface area contributed by atoms with E-state index in [1.807, 2.05) is 28.9 Å². The highest BCUT2D eigenvalue weighted by Crippen LogP contribution is 2.36. The molecule has 0 amide bonds. The summed E-state index contributed by atoms with van der Waals surface area (Å²) in [5.41, 5.74) is 4.39. The quantitative estimate of drug-likeness (QED) is 0.307. The molecular formula is C22H22N6O3S. The molecule has 1 aromatic carbocycles. The molecule has 0 saturated heterocycles. The third-order valence-electron chi connectivity index (χ3n) is 5.43. The van der Waals surface area contributed by atoms with E-state index in [0.717, 1.165) is 35.8 Å². The summed E-state index contributed by atoms with van der Waals surface area (Å²) in [5, 5.41) is 9.61. The summed E-state index contributed by atoms with van der Waals surface area (Å²) in [6, 6.07) is 7.49. The minimum Gasteiger partial charge on any atom is -0.493 e. The molecule has 5 rings (SSSR count). The molecule has 0 atom stereocenters. The summed E-state index contributed by atoms with van der Waals surface area (Å²) in [6.45, 7) is 2.06. The zero-order chi connectivity index (χ0) is 22.1. The molecule has 0 fully saturated rings. The zero-order valence-corrected chi connectivity index (χ0v) is 18.8. The average Bonchev–Trinajstić information content (AvgIpc) is 3.56. The fourth-order valence-corrected chi connectivity index (χ4v) is 4.66. The Kier molecular flexibility index (Phi) is 5.52. The Labute approximate surface area is 189 Å². The molecule has 32 heavy (non-hydrogen) atoms. The number of hydrogen-bond acceptors (Lipinski definition) is 9. The number of thioether (sulfide) groups is 1. The molecule has 4 aromatic rings. The van der Waals surface area contributed by atoms with Crippen molar-refractivity contribution >= 4 is 11.8 Å². The smallest absolute Gasteiger partial charge is 0.237 e. The predicted octanol–water partition coefficient (Wildman–Crippen LogP) is 3.82. The average molecular weight is 451 g/mol. The van der Waals surface area contributed by atoms with Crippen LogP contribution in [-0.4, -0.2) is 44.1 Å². The molecule has 0 N–H and O–H groups in total. The number of nitrogens with zero attached hydrogens (tertiary/aromatic N) is 6. The van der Waals surface area contributed by atoms with E-state index < -0.39 is 0 Å². The van der Waals surface area contributed by atoms with Crippen LogP contribution < -0.4 is 9.47 Å². The highest BCUT2D eigenvalue weighted by atomic mass is 32.2. The van der Waals surface area contributed by atoms with Gasteiger partial charge in [0.15, 0.2) is 17.3 Å². The van der Waals surface area contributed by atoms with Gasteiger partial charge in [-0.15, -0.1) is 0 Å². The summed E-state index contributed by atoms with van der Waals surface area (Å²) in [7, 11) is 3.18. The summed E-state index contributed by atoms with van der Waals surface area (Å²) in [5.74, 6) is 3.37. The van der Waals surface area contributed by atoms with E-state index in [1.165, 1.54) is 23.0 Å². The number of para-hydroxylation sites is 1. The van der Waals surface area contributed by atoms with Gasteiger partial charge in [-0.05, 0) is 43.9 Å². The van der Waals surface area contributed by atoms with Crippen LogP contribution in [0.25, 0.3) is 17.2 Å². The number of hydrogen-bond donors (Lipinski definition) is 0. The largest absolute Gasteiger partial charge is 0.493 e. The van der Waals surface area contributed by atoms with Crippen LogP contribution in [0.4, 0.5) is 0 Å². The van der Waals surface area contributed by atoms with Gasteiger partial charge in [-0.2, -0.15) is 10.1 Å². The molecule has 0 unspecified atom stereocenters. The predicted molar refractivity (Wildman–Crippen MR) is 118 cm³/mol. The van der Waals surface area contributed by atoms with Crippen molar-refractivity contribution in [2.45, 2.75) is 37.0 Å². The van der Waals surface area contributed by atoms with Gasteiger partial charge in [0.1, 0.15) is 11.4 Å². The van der Waals surface area contributed by atoms with Gasteiger partial charge < -0.3 is 14.0 Å². The number of aromatic nitrogens is 6. The summed E-state index contributed by atoms with van der Waals surface area (Å²) in [4.78, 5) is 13.3. The Morgan fingerprint density at radius 3 is 2.91 bits per heavy atom. The SMILES string of the molecule is COc1cccc(-c2noc(CSc3cc(-n4nc(C)c5c4CCC5)ncn3)n2)c1OC. The van der Waals surface area contributed by atoms with Crippen molar-refractivity contribution in [1.29, 1.82) is 0 Å². The second-order valence-electron chi connectivity index (χ2n) is 7.33. The molecular weight excluding hydrogens is 428 g/mol. The van der Waals surface area contributed by atoms with Crippen LogP contribution in [0.5, 0.6) is 11.5 Å². The minimum atomic E-state index is 0.447. The van der Waals surface area contributed by atoms with Gasteiger partial charge in [-0.1, -0.05) is 23.0 Å². The maximum absolute atomic E-state index is 5.47. The third kappa shape index (κ3) is 3.70. The molecule has 164 valence electrons. The fraction of sp³-hybridized carbons (Fsp3) is 0.318. The van der Waals surface area contributed by atoms with E-state index in [4.69, 9.17) is 14.0 Å². The highest BCUT2D eigenvalue weighted by molar-refractivity contribution is 7.98. The molecule has 3 aromatic heterocycles. The summed E-state index contributed by atoms with van der Waals surface area (Å²) >= 11 is 1.50. The van der Waals surface area contributed by atoms with Gasteiger partial charge >= 0.3 is 0 Å². The van der Waals surface area contributed by atoms with Crippen LogP contribution in [0.1, 0.15) is 29.3 Å². The molecule has 0 saturated carbocycles. The van der Waals surface area contributed by atoms with Gasteiger partial charge in [-0.25, -0.2) is 14.6 Å². The van der Waals surface area contributed by atoms with Crippen LogP contribution in [-0.2, 0) is 18.6 Å². The Morgan fingerprint density at radius 2 is 2.06 bits per heavy atom. The first-order valence-corrected chi connectivity index (χ1v) is 11.2. The number of methoxy groups -OCH3 is 2. The standard InChI is InChI=1S/C22H22N6O3S/c1-13-14-6-4-8-16(14)28(26-13)18-10-20(24-12-23-18)32-11-19-25-22(27-31-19)15-7-5-9-17(29-2)21(15)30-3/h5,7,9-10,12H,4,6,8,11H2,1-3H3. The van der Waals surface area contributed by atoms with Gasteiger partial charge in [0.05, 0.1) is 31.2 Å². The van der Waals surface area contributed by atoms with Crippen molar-refractivity contribution in [2.24, 2.45) is 0 Å². The first kappa shape index (κ1) is 20.5. The molecule has 0 aliphatic heterocycles. The van der Waals surface area contributed by atoms with E-state index in [9.17, 15) is 0 Å². The Morgan fingerprint density at radius 1 is 1.16 bits per heavy atom. The number of rotatable bonds is 7. The lowest BCUT2D eigenvalue weighted by Gasteiger charge is -2.09. The maximum atomic E-state index is 5.47. The fourth-order valence-electron chi connectivity index (χ4n) is 3.96. The van der Waals surface area contributed by atoms with E-state index in [1.54, 1.807) is 20.5 Å². The van der Waals surface area contributed by atoms with Gasteiger partial charge in [0.25, 0.3) is 0 Å². The number of fused-ring (bicyclic) bond motifs is 1. The molecule has 0 spiro atoms. The van der Waals surface area contributed by atoms with Crippen LogP contribution >= 0.6 is 11.8 Å². The minimum absolute atomic E-state index is 0.447. The van der Waals surface area contributed by atoms with Crippen molar-refractivity contribution in [1.82, 2.24) is 29.9 Å². The summed E-state index contributed by atoms with van der Waals surface area (Å²) in [6.07, 6.45) is 4.85. The lowest BCUT2D eigenvalue weighted by molar-refractivity contribution is 0.355. The van der Waals surface area contributed by atoms with E-state index in [-0.39, 0.29) is 0 Å². The second-order valence-corrected chi connectivity index (χ2v) is 8.33. The number of benzene rings is 1. The second kappa shape index (κ2) is 8.62. The normalized spacial score (nSPS) is 12.7. The molecule has 3 heterocycles. The van der Waals surface area contributed by atoms with E-state index >= 15 is 0 Å². The maximum Gasteiger partial charge on any atom is 0.237 e. The van der Waals surface area contributed by atoms with Crippen molar-refractivity contribution in [3.8, 4) is 28.7 Å². The van der Waals surface area contributed by atoms with Crippen LogP contribution in [0, 0.1) is 6.92 Å². The first-order valence-electron chi connectivity index (χ1n) is 10.2. The molecule has 0 radical (unpaired) electrons. The lowest BCUT2D eigenvalue weighted by Crippen LogP contribution is -2.04. The molecule has 1 aliphatic rings. The van der Waals surface area contributed by atoms with Gasteiger partial charge in [0, 0.05) is 11.8 Å². The van der Waals surface area contributed by atoms with Crippen molar-refractivity contribution in [3.05, 3.63) is 53.4 Å². The van der Waals surface area contributed by atoms with Crippen molar-refractivity contribution < 1.29 is 14.0 Å². The lowest BCUT2D eigenvalue weighted by atomic mass is 10.2. The first-order chi connectivity index (χ1) is 15.7. The topological polar surface area (TPSA) is 101 Å². The Bertz CT molecular complexity index is 1270. The van der Waals surface area contributed by atoms with Crippen LogP contribution in [0.3, 0.4) is 0 Å². The van der Waals surface area contributed by atoms with E-state index in [0.29, 0.717) is 34.5 Å². The number of ether oxygens (including phenoxy) is 2. The molecule has 9 nitrogen and oxygen atoms in total. The number of aryl methyl sites for hydroxylation is 1. The van der Waals surface area contributed by atoms with Crippen LogP contribution in [0.15, 0.2) is 40.1 Å². The Balaban J connectivity index is 1.33. The Hall–Kier alpha value is -3.40. The monoisotopic (exact) mass is 450 g/mol. The van der Waals surface area contributed by atoms with Crippen molar-refractivity contribution in [2.75, 3.05) is 14.2 Å². The highest BCUT2D eigenvalue weighted by Gasteiger charge is 2.22. The molecule has 1 aliphatic carbocycles. The van der Waals surface area contributed by atoms with E-state index in [2.05, 4.69) is 32.1 Å². The third-order valence-corrected chi connectivity index (χ3v) is 6.34. The van der Waals surface area contributed by atoms with Gasteiger partial charge in [0.2, 0.25) is 11.7 Å². The van der Waals surface area contributed by atoms with Crippen molar-refractivity contribution in [3.63, 3.8) is 0 Å². The zero-order valence-electron chi connectivity index (χ0n) is 18.0.